The molecule has 2 rings (SSSR count). The van der Waals surface area contributed by atoms with Crippen molar-refractivity contribution < 1.29 is 0 Å². The van der Waals surface area contributed by atoms with Crippen LogP contribution in [-0.4, -0.2) is 62.2 Å². The van der Waals surface area contributed by atoms with Gasteiger partial charge in [0, 0.05) is 25.7 Å². The van der Waals surface area contributed by atoms with E-state index in [4.69, 9.17) is 0 Å². The van der Waals surface area contributed by atoms with Crippen LogP contribution in [0.25, 0.3) is 0 Å². The normalized spacial score (nSPS) is 28.0. The summed E-state index contributed by atoms with van der Waals surface area (Å²) in [5, 5.41) is 3.56. The molecule has 2 fully saturated rings. The molecule has 0 spiro atoms. The summed E-state index contributed by atoms with van der Waals surface area (Å²) in [4.78, 5) is 5.08. The summed E-state index contributed by atoms with van der Waals surface area (Å²) in [6.45, 7) is 7.62. The predicted molar refractivity (Wildman–Crippen MR) is 64.2 cm³/mol. The van der Waals surface area contributed by atoms with Crippen LogP contribution in [0.15, 0.2) is 0 Å². The molecule has 3 nitrogen and oxygen atoms in total. The van der Waals surface area contributed by atoms with Gasteiger partial charge in [0.1, 0.15) is 0 Å². The van der Waals surface area contributed by atoms with E-state index in [9.17, 15) is 0 Å². The zero-order valence-corrected chi connectivity index (χ0v) is 10.0. The van der Waals surface area contributed by atoms with Crippen molar-refractivity contribution in [2.75, 3.05) is 46.3 Å². The summed E-state index contributed by atoms with van der Waals surface area (Å²) >= 11 is 0. The minimum atomic E-state index is 0.758. The van der Waals surface area contributed by atoms with Crippen molar-refractivity contribution in [3.05, 3.63) is 0 Å². The molecule has 0 aromatic carbocycles. The second-order valence-corrected chi connectivity index (χ2v) is 5.10. The molecule has 0 aromatic heterocycles. The van der Waals surface area contributed by atoms with E-state index in [0.717, 1.165) is 6.04 Å². The monoisotopic (exact) mass is 211 g/mol. The summed E-state index contributed by atoms with van der Waals surface area (Å²) in [5.74, 6) is 0. The Balaban J connectivity index is 1.57. The van der Waals surface area contributed by atoms with E-state index in [0.29, 0.717) is 0 Å². The van der Waals surface area contributed by atoms with Crippen LogP contribution in [0, 0.1) is 0 Å². The summed E-state index contributed by atoms with van der Waals surface area (Å²) in [6.07, 6.45) is 5.56. The summed E-state index contributed by atoms with van der Waals surface area (Å²) in [7, 11) is 2.26. The molecule has 0 aromatic rings. The van der Waals surface area contributed by atoms with E-state index in [1.807, 2.05) is 0 Å². The topological polar surface area (TPSA) is 18.5 Å². The first kappa shape index (κ1) is 11.4. The standard InChI is InChI=1S/C12H25N3/c1-14(11-12-5-4-6-13-12)9-10-15-7-2-3-8-15/h12-13H,2-11H2,1H3/t12-/m1/s1. The van der Waals surface area contributed by atoms with E-state index < -0.39 is 0 Å². The van der Waals surface area contributed by atoms with Crippen molar-refractivity contribution in [1.82, 2.24) is 15.1 Å². The van der Waals surface area contributed by atoms with Gasteiger partial charge >= 0.3 is 0 Å². The molecular weight excluding hydrogens is 186 g/mol. The molecule has 2 heterocycles. The maximum Gasteiger partial charge on any atom is 0.0195 e. The van der Waals surface area contributed by atoms with Gasteiger partial charge in [-0.15, -0.1) is 0 Å². The van der Waals surface area contributed by atoms with Gasteiger partial charge in [0.25, 0.3) is 0 Å². The first-order chi connectivity index (χ1) is 7.34. The van der Waals surface area contributed by atoms with Crippen LogP contribution in [0.1, 0.15) is 25.7 Å². The van der Waals surface area contributed by atoms with Gasteiger partial charge in [-0.1, -0.05) is 0 Å². The number of hydrogen-bond acceptors (Lipinski definition) is 3. The second kappa shape index (κ2) is 5.83. The van der Waals surface area contributed by atoms with Crippen LogP contribution in [0.4, 0.5) is 0 Å². The van der Waals surface area contributed by atoms with Gasteiger partial charge in [-0.05, 0) is 52.4 Å². The highest BCUT2D eigenvalue weighted by molar-refractivity contribution is 4.77. The number of nitrogens with one attached hydrogen (secondary N) is 1. The number of hydrogen-bond donors (Lipinski definition) is 1. The van der Waals surface area contributed by atoms with Gasteiger partial charge < -0.3 is 15.1 Å². The fourth-order valence-electron chi connectivity index (χ4n) is 2.70. The second-order valence-electron chi connectivity index (χ2n) is 5.10. The van der Waals surface area contributed by atoms with Gasteiger partial charge in [-0.25, -0.2) is 0 Å². The number of likely N-dealkylation sites (tertiary alicyclic amines) is 1. The van der Waals surface area contributed by atoms with E-state index >= 15 is 0 Å². The van der Waals surface area contributed by atoms with Crippen molar-refractivity contribution in [1.29, 1.82) is 0 Å². The van der Waals surface area contributed by atoms with E-state index in [2.05, 4.69) is 22.2 Å². The van der Waals surface area contributed by atoms with Crippen molar-refractivity contribution in [3.63, 3.8) is 0 Å². The molecule has 0 amide bonds. The summed E-state index contributed by atoms with van der Waals surface area (Å²) in [6, 6.07) is 0.758. The molecule has 15 heavy (non-hydrogen) atoms. The van der Waals surface area contributed by atoms with Crippen LogP contribution in [0.3, 0.4) is 0 Å². The molecule has 0 radical (unpaired) electrons. The summed E-state index contributed by atoms with van der Waals surface area (Å²) in [5.41, 5.74) is 0. The van der Waals surface area contributed by atoms with E-state index in [1.54, 1.807) is 0 Å². The van der Waals surface area contributed by atoms with Crippen molar-refractivity contribution >= 4 is 0 Å². The molecule has 88 valence electrons. The van der Waals surface area contributed by atoms with Crippen LogP contribution in [0.2, 0.25) is 0 Å². The largest absolute Gasteiger partial charge is 0.313 e. The first-order valence-electron chi connectivity index (χ1n) is 6.49. The smallest absolute Gasteiger partial charge is 0.0195 e. The number of rotatable bonds is 5. The van der Waals surface area contributed by atoms with Crippen molar-refractivity contribution in [2.24, 2.45) is 0 Å². The zero-order chi connectivity index (χ0) is 10.5. The average molecular weight is 211 g/mol. The lowest BCUT2D eigenvalue weighted by molar-refractivity contribution is 0.243. The fraction of sp³-hybridized carbons (Fsp3) is 1.00. The first-order valence-corrected chi connectivity index (χ1v) is 6.49. The third-order valence-electron chi connectivity index (χ3n) is 3.69. The Kier molecular flexibility index (Phi) is 4.42. The van der Waals surface area contributed by atoms with Crippen molar-refractivity contribution in [2.45, 2.75) is 31.7 Å². The molecule has 1 N–H and O–H groups in total. The minimum absolute atomic E-state index is 0.758. The van der Waals surface area contributed by atoms with Gasteiger partial charge in [0.05, 0.1) is 0 Å². The van der Waals surface area contributed by atoms with Gasteiger partial charge in [-0.2, -0.15) is 0 Å². The Morgan fingerprint density at radius 3 is 2.73 bits per heavy atom. The number of nitrogens with zero attached hydrogens (tertiary/aromatic N) is 2. The minimum Gasteiger partial charge on any atom is -0.313 e. The highest BCUT2D eigenvalue weighted by Gasteiger charge is 2.17. The molecule has 0 unspecified atom stereocenters. The molecule has 0 aliphatic carbocycles. The van der Waals surface area contributed by atoms with Crippen LogP contribution < -0.4 is 5.32 Å². The fourth-order valence-corrected chi connectivity index (χ4v) is 2.70. The molecule has 2 aliphatic rings. The van der Waals surface area contributed by atoms with Gasteiger partial charge in [-0.3, -0.25) is 0 Å². The predicted octanol–water partition coefficient (Wildman–Crippen LogP) is 0.766. The third kappa shape index (κ3) is 3.74. The van der Waals surface area contributed by atoms with Gasteiger partial charge in [0.15, 0.2) is 0 Å². The van der Waals surface area contributed by atoms with Crippen molar-refractivity contribution in [3.8, 4) is 0 Å². The highest BCUT2D eigenvalue weighted by Crippen LogP contribution is 2.08. The maximum atomic E-state index is 3.56. The maximum absolute atomic E-state index is 3.56. The molecule has 2 saturated heterocycles. The Bertz CT molecular complexity index is 172. The third-order valence-corrected chi connectivity index (χ3v) is 3.69. The molecule has 0 saturated carbocycles. The Hall–Kier alpha value is -0.120. The Morgan fingerprint density at radius 1 is 1.27 bits per heavy atom. The molecule has 0 bridgehead atoms. The lowest BCUT2D eigenvalue weighted by Crippen LogP contribution is -2.39. The Labute approximate surface area is 93.8 Å². The Morgan fingerprint density at radius 2 is 2.07 bits per heavy atom. The highest BCUT2D eigenvalue weighted by atomic mass is 15.2. The SMILES string of the molecule is CN(CCN1CCCC1)C[C@H]1CCCN1. The zero-order valence-electron chi connectivity index (χ0n) is 10.0. The number of likely N-dealkylation sites (N-methyl/N-ethyl adjacent to an activating group) is 1. The van der Waals surface area contributed by atoms with Crippen LogP contribution >= 0.6 is 0 Å². The quantitative estimate of drug-likeness (QED) is 0.724. The molecule has 2 aliphatic heterocycles. The molecule has 1 atom stereocenters. The summed E-state index contributed by atoms with van der Waals surface area (Å²) < 4.78 is 0. The van der Waals surface area contributed by atoms with E-state index in [1.165, 1.54) is 65.0 Å². The van der Waals surface area contributed by atoms with Crippen LogP contribution in [-0.2, 0) is 0 Å². The van der Waals surface area contributed by atoms with E-state index in [-0.39, 0.29) is 0 Å². The molecule has 3 heteroatoms. The van der Waals surface area contributed by atoms with Crippen LogP contribution in [0.5, 0.6) is 0 Å². The molecular formula is C12H25N3. The lowest BCUT2D eigenvalue weighted by Gasteiger charge is -2.23. The average Bonchev–Trinajstić information content (AvgIpc) is 2.86. The van der Waals surface area contributed by atoms with Gasteiger partial charge in [0.2, 0.25) is 0 Å². The lowest BCUT2D eigenvalue weighted by atomic mass is 10.2.